The van der Waals surface area contributed by atoms with Gasteiger partial charge in [-0.3, -0.25) is 4.99 Å². The van der Waals surface area contributed by atoms with E-state index in [4.69, 9.17) is 0 Å². The van der Waals surface area contributed by atoms with E-state index in [1.807, 2.05) is 11.8 Å². The average Bonchev–Trinajstić information content (AvgIpc) is 1.98. The van der Waals surface area contributed by atoms with Crippen molar-refractivity contribution in [2.24, 2.45) is 16.8 Å². The topological polar surface area (TPSA) is 12.4 Å². The number of rotatable bonds is 4. The van der Waals surface area contributed by atoms with E-state index >= 15 is 0 Å². The van der Waals surface area contributed by atoms with E-state index in [-0.39, 0.29) is 0 Å². The smallest absolute Gasteiger partial charge is 0.0541 e. The van der Waals surface area contributed by atoms with Gasteiger partial charge >= 0.3 is 0 Å². The summed E-state index contributed by atoms with van der Waals surface area (Å²) in [7, 11) is 0. The molecule has 0 aromatic rings. The lowest BCUT2D eigenvalue weighted by Gasteiger charge is -2.19. The van der Waals surface area contributed by atoms with Crippen molar-refractivity contribution in [3.8, 4) is 0 Å². The van der Waals surface area contributed by atoms with Crippen LogP contribution < -0.4 is 0 Å². The molecule has 0 fully saturated rings. The lowest BCUT2D eigenvalue weighted by molar-refractivity contribution is 0.365. The molecule has 0 heterocycles. The van der Waals surface area contributed by atoms with Gasteiger partial charge in [0.1, 0.15) is 0 Å². The zero-order valence-corrected chi connectivity index (χ0v) is 8.98. The molecule has 0 radical (unpaired) electrons. The Morgan fingerprint density at radius 3 is 2.09 bits per heavy atom. The van der Waals surface area contributed by atoms with E-state index in [1.54, 1.807) is 11.8 Å². The van der Waals surface area contributed by atoms with Crippen LogP contribution in [0.15, 0.2) is 4.99 Å². The molecule has 0 aromatic heterocycles. The number of nitrogens with zero attached hydrogens (tertiary/aromatic N) is 1. The van der Waals surface area contributed by atoms with Gasteiger partial charge in [-0.25, -0.2) is 0 Å². The van der Waals surface area contributed by atoms with Crippen molar-refractivity contribution >= 4 is 17.3 Å². The Labute approximate surface area is 74.7 Å². The van der Waals surface area contributed by atoms with E-state index in [0.29, 0.717) is 12.0 Å². The third-order valence-electron chi connectivity index (χ3n) is 2.21. The third-order valence-corrected chi connectivity index (χ3v) is 2.55. The van der Waals surface area contributed by atoms with Crippen LogP contribution in [0.25, 0.3) is 0 Å². The highest BCUT2D eigenvalue weighted by atomic mass is 32.2. The van der Waals surface area contributed by atoms with Crippen LogP contribution >= 0.6 is 11.8 Å². The summed E-state index contributed by atoms with van der Waals surface area (Å²) >= 11 is 1.67. The minimum atomic E-state index is 0.461. The second-order valence-corrected chi connectivity index (χ2v) is 4.02. The van der Waals surface area contributed by atoms with Crippen LogP contribution in [0.1, 0.15) is 27.7 Å². The summed E-state index contributed by atoms with van der Waals surface area (Å²) < 4.78 is 0. The number of hydrogen-bond acceptors (Lipinski definition) is 2. The van der Waals surface area contributed by atoms with Gasteiger partial charge in [-0.15, -0.1) is 11.8 Å². The molecule has 11 heavy (non-hydrogen) atoms. The van der Waals surface area contributed by atoms with Crippen molar-refractivity contribution in [1.29, 1.82) is 0 Å². The van der Waals surface area contributed by atoms with Crippen LogP contribution in [-0.4, -0.2) is 17.8 Å². The Morgan fingerprint density at radius 1 is 1.18 bits per heavy atom. The van der Waals surface area contributed by atoms with E-state index in [0.717, 1.165) is 5.92 Å². The van der Waals surface area contributed by atoms with Crippen LogP contribution in [0.4, 0.5) is 0 Å². The zero-order valence-electron chi connectivity index (χ0n) is 8.16. The minimum absolute atomic E-state index is 0.461. The van der Waals surface area contributed by atoms with E-state index in [1.165, 1.54) is 0 Å². The van der Waals surface area contributed by atoms with E-state index in [2.05, 4.69) is 32.7 Å². The van der Waals surface area contributed by atoms with Gasteiger partial charge in [-0.05, 0) is 25.0 Å². The molecule has 0 aliphatic carbocycles. The standard InChI is InChI=1S/C9H19NS/c1-7(2)8(3)9(4)10-6-11-5/h6-9H,1-5H3/b10-6-/t8-,9?/m0/s1. The van der Waals surface area contributed by atoms with Crippen molar-refractivity contribution in [3.63, 3.8) is 0 Å². The first-order valence-electron chi connectivity index (χ1n) is 4.14. The van der Waals surface area contributed by atoms with Crippen LogP contribution in [-0.2, 0) is 0 Å². The molecular formula is C9H19NS. The van der Waals surface area contributed by atoms with Crippen molar-refractivity contribution in [1.82, 2.24) is 0 Å². The van der Waals surface area contributed by atoms with E-state index in [9.17, 15) is 0 Å². The molecule has 2 heteroatoms. The minimum Gasteiger partial charge on any atom is -0.283 e. The molecule has 0 aliphatic rings. The lowest BCUT2D eigenvalue weighted by atomic mass is 9.92. The second kappa shape index (κ2) is 5.64. The maximum absolute atomic E-state index is 4.40. The molecular weight excluding hydrogens is 154 g/mol. The highest BCUT2D eigenvalue weighted by Gasteiger charge is 2.13. The fourth-order valence-electron chi connectivity index (χ4n) is 0.850. The van der Waals surface area contributed by atoms with Crippen molar-refractivity contribution in [3.05, 3.63) is 0 Å². The Kier molecular flexibility index (Phi) is 5.65. The normalized spacial score (nSPS) is 17.6. The summed E-state index contributed by atoms with van der Waals surface area (Å²) in [6, 6.07) is 0.461. The molecule has 0 aliphatic heterocycles. The Morgan fingerprint density at radius 2 is 1.73 bits per heavy atom. The SMILES string of the molecule is CS/C=N\C(C)[C@@H](C)C(C)C. The molecule has 0 aromatic carbocycles. The first-order valence-corrected chi connectivity index (χ1v) is 5.42. The molecule has 0 spiro atoms. The summed E-state index contributed by atoms with van der Waals surface area (Å²) in [5.41, 5.74) is 1.93. The molecule has 1 nitrogen and oxygen atoms in total. The molecule has 66 valence electrons. The van der Waals surface area contributed by atoms with Gasteiger partial charge in [0.25, 0.3) is 0 Å². The van der Waals surface area contributed by atoms with Crippen LogP contribution in [0, 0.1) is 11.8 Å². The first kappa shape index (κ1) is 11.0. The van der Waals surface area contributed by atoms with Gasteiger partial charge in [0.2, 0.25) is 0 Å². The molecule has 0 rings (SSSR count). The molecule has 2 atom stereocenters. The predicted molar refractivity (Wildman–Crippen MR) is 55.5 cm³/mol. The van der Waals surface area contributed by atoms with Gasteiger partial charge in [-0.2, -0.15) is 0 Å². The Hall–Kier alpha value is 0.0200. The van der Waals surface area contributed by atoms with Crippen molar-refractivity contribution < 1.29 is 0 Å². The molecule has 0 saturated carbocycles. The summed E-state index contributed by atoms with van der Waals surface area (Å²) in [4.78, 5) is 4.40. The largest absolute Gasteiger partial charge is 0.283 e. The second-order valence-electron chi connectivity index (χ2n) is 3.33. The molecule has 0 N–H and O–H groups in total. The van der Waals surface area contributed by atoms with Gasteiger partial charge < -0.3 is 0 Å². The maximum atomic E-state index is 4.40. The summed E-state index contributed by atoms with van der Waals surface area (Å²) in [6.45, 7) is 8.93. The van der Waals surface area contributed by atoms with Gasteiger partial charge in [-0.1, -0.05) is 20.8 Å². The number of thioether (sulfide) groups is 1. The number of hydrogen-bond donors (Lipinski definition) is 0. The fourth-order valence-corrected chi connectivity index (χ4v) is 1.16. The summed E-state index contributed by atoms with van der Waals surface area (Å²) in [5, 5.41) is 0. The molecule has 0 amide bonds. The highest BCUT2D eigenvalue weighted by Crippen LogP contribution is 2.16. The van der Waals surface area contributed by atoms with Crippen molar-refractivity contribution in [2.75, 3.05) is 6.26 Å². The Balaban J connectivity index is 3.81. The van der Waals surface area contributed by atoms with Crippen LogP contribution in [0.5, 0.6) is 0 Å². The summed E-state index contributed by atoms with van der Waals surface area (Å²) in [6.07, 6.45) is 2.04. The molecule has 0 saturated heterocycles. The first-order chi connectivity index (χ1) is 5.09. The fraction of sp³-hybridized carbons (Fsp3) is 0.889. The maximum Gasteiger partial charge on any atom is 0.0541 e. The molecule has 1 unspecified atom stereocenters. The lowest BCUT2D eigenvalue weighted by Crippen LogP contribution is -2.17. The monoisotopic (exact) mass is 173 g/mol. The predicted octanol–water partition coefficient (Wildman–Crippen LogP) is 3.06. The van der Waals surface area contributed by atoms with Gasteiger partial charge in [0, 0.05) is 0 Å². The Bertz CT molecular complexity index is 121. The quantitative estimate of drug-likeness (QED) is 0.470. The molecule has 0 bridgehead atoms. The highest BCUT2D eigenvalue weighted by molar-refractivity contribution is 8.11. The van der Waals surface area contributed by atoms with Crippen LogP contribution in [0.2, 0.25) is 0 Å². The average molecular weight is 173 g/mol. The van der Waals surface area contributed by atoms with E-state index < -0.39 is 0 Å². The van der Waals surface area contributed by atoms with Crippen LogP contribution in [0.3, 0.4) is 0 Å². The zero-order chi connectivity index (χ0) is 8.85. The van der Waals surface area contributed by atoms with Crippen molar-refractivity contribution in [2.45, 2.75) is 33.7 Å². The number of aliphatic imine (C=N–C) groups is 1. The third kappa shape index (κ3) is 4.46. The van der Waals surface area contributed by atoms with Gasteiger partial charge in [0.05, 0.1) is 11.6 Å². The van der Waals surface area contributed by atoms with Gasteiger partial charge in [0.15, 0.2) is 0 Å². The summed E-state index contributed by atoms with van der Waals surface area (Å²) in [5.74, 6) is 1.41.